The molecule has 0 aromatic carbocycles. The highest BCUT2D eigenvalue weighted by molar-refractivity contribution is 5.87. The first-order chi connectivity index (χ1) is 54.5. The molecule has 20 unspecified atom stereocenters. The zero-order chi connectivity index (χ0) is 84.2. The summed E-state index contributed by atoms with van der Waals surface area (Å²) >= 11 is 0. The zero-order valence-electron chi connectivity index (χ0n) is 56.8. The Balaban J connectivity index is 0.000000142. The van der Waals surface area contributed by atoms with Gasteiger partial charge >= 0.3 is 11.4 Å². The number of aliphatic hydroxyl groups is 10. The highest BCUT2D eigenvalue weighted by Crippen LogP contribution is 2.47. The number of nitrogen functional groups attached to an aromatic ring is 3. The lowest BCUT2D eigenvalue weighted by molar-refractivity contribution is -0.122. The summed E-state index contributed by atoms with van der Waals surface area (Å²) in [6, 6.07) is 0. The van der Waals surface area contributed by atoms with E-state index in [9.17, 15) is 114 Å². The Morgan fingerprint density at radius 1 is 0.426 bits per heavy atom. The molecular formula is C57H53F10N29O19. The maximum atomic E-state index is 14.5. The number of H-pyrrole nitrogens is 4. The molecule has 0 aliphatic carbocycles. The molecule has 5 saturated heterocycles. The molecule has 0 bridgehead atoms. The fourth-order valence-electron chi connectivity index (χ4n) is 12.7. The number of ether oxygens (including phenoxy) is 5. The van der Waals surface area contributed by atoms with Crippen molar-refractivity contribution in [2.24, 2.45) is 15.3 Å². The number of nitrogens with two attached hydrogens (primary N) is 3. The number of nitrogens with one attached hydrogen (secondary N) is 4. The molecule has 58 heteroatoms. The normalized spacial score (nSPS) is 30.6. The van der Waals surface area contributed by atoms with E-state index in [0.717, 1.165) is 72.8 Å². The molecule has 20 atom stereocenters. The van der Waals surface area contributed by atoms with E-state index < -0.39 is 227 Å². The summed E-state index contributed by atoms with van der Waals surface area (Å²) in [7, 11) is 0. The van der Waals surface area contributed by atoms with Crippen molar-refractivity contribution in [3.8, 4) is 0 Å². The number of hydrogen-bond donors (Lipinski definition) is 17. The van der Waals surface area contributed by atoms with Crippen molar-refractivity contribution in [1.82, 2.24) is 72.7 Å². The third-order valence-electron chi connectivity index (χ3n) is 18.4. The second-order valence-electron chi connectivity index (χ2n) is 24.8. The number of halogens is 10. The Morgan fingerprint density at radius 3 is 0.991 bits per heavy atom. The van der Waals surface area contributed by atoms with E-state index in [1.807, 2.05) is 0 Å². The Morgan fingerprint density at radius 2 is 0.704 bits per heavy atom. The highest BCUT2D eigenvalue weighted by Gasteiger charge is 2.65. The van der Waals surface area contributed by atoms with E-state index in [1.165, 1.54) is 0 Å². The number of fused-ring (bicyclic) bond motifs is 5. The largest absolute Gasteiger partial charge is 0.393 e. The molecule has 15 heterocycles. The smallest absolute Gasteiger partial charge is 0.390 e. The first kappa shape index (κ1) is 83.3. The standard InChI is InChI=1S/C12H11F2N5O4.C12H10F2N4O4.C11H11F2N7O4.C11H11F2N7O3.C11H10F2N6O4/c1-16-12(3-20)7(21)6(14)10(23-12)19-2-4(13)5-8(19)17-11(15)18-9(5)22;1-15-12(3-19)8(20)7(14)11(22-12)18-2-5(13)6-9(18)16-4-17-10(6)21;12-3-1-20(7-4(3)8(23)17-10(14)16-7)9-5(13)6(22)11(2-21,24-9)18-19-15;12-4-1-20(9-5(4)8(14)16-3-17-9)10-6(13)7(22)11(2-21,23-10)18-19-15;12-4-1-19(8-5(4)9(22)16-3-15-8)10-6(13)7(21)11(2-20,23-10)17-18-14/h2,6-7,10,20-21H,3H2,(H3,15,17,18,22);2,4,7-8,11,19-20H,3H2,(H,16,17,21);1,5-6,9,21-22H,2H2,(H3,14,16,17,23);1,3,6-7,10,21-22H,2H2,(H2,14,16,17);1,3,6-7,10,20-21H,2H2,(H,15,16,22). The molecule has 610 valence electrons. The summed E-state index contributed by atoms with van der Waals surface area (Å²) in [5.41, 5.74) is 26.4. The molecule has 5 fully saturated rings. The Hall–Kier alpha value is -12.7. The third-order valence-corrected chi connectivity index (χ3v) is 18.4. The van der Waals surface area contributed by atoms with Gasteiger partial charge in [-0.2, -0.15) is 9.97 Å². The van der Waals surface area contributed by atoms with Crippen LogP contribution in [0.4, 0.5) is 61.6 Å². The number of alkyl halides is 5. The molecule has 0 radical (unpaired) electrons. The van der Waals surface area contributed by atoms with E-state index >= 15 is 0 Å². The van der Waals surface area contributed by atoms with Gasteiger partial charge in [-0.25, -0.2) is 77.0 Å². The second-order valence-corrected chi connectivity index (χ2v) is 24.8. The molecule has 5 aliphatic heterocycles. The number of aromatic amines is 4. The van der Waals surface area contributed by atoms with Crippen molar-refractivity contribution in [3.05, 3.63) is 175 Å². The van der Waals surface area contributed by atoms with Gasteiger partial charge in [-0.3, -0.25) is 71.1 Å². The van der Waals surface area contributed by atoms with E-state index in [1.54, 1.807) is 0 Å². The second kappa shape index (κ2) is 31.7. The van der Waals surface area contributed by atoms with Gasteiger partial charge in [-0.15, -0.1) is 0 Å². The zero-order valence-corrected chi connectivity index (χ0v) is 56.8. The number of aliphatic hydroxyl groups excluding tert-OH is 10. The Kier molecular flexibility index (Phi) is 23.0. The topological polar surface area (TPSA) is 715 Å². The predicted molar refractivity (Wildman–Crippen MR) is 357 cm³/mol. The van der Waals surface area contributed by atoms with E-state index in [-0.39, 0.29) is 51.3 Å². The van der Waals surface area contributed by atoms with Gasteiger partial charge in [0.15, 0.2) is 145 Å². The van der Waals surface area contributed by atoms with Gasteiger partial charge < -0.3 is 92.4 Å². The molecule has 115 heavy (non-hydrogen) atoms. The predicted octanol–water partition coefficient (Wildman–Crippen LogP) is -0.877. The fraction of sp³-hybridized carbons (Fsp3) is 0.439. The molecule has 20 N–H and O–H groups in total. The Bertz CT molecular complexity index is 5920. The first-order valence-electron chi connectivity index (χ1n) is 31.9. The number of aromatic nitrogens is 15. The first-order valence-corrected chi connectivity index (χ1v) is 31.9. The molecule has 0 spiro atoms. The lowest BCUT2D eigenvalue weighted by Gasteiger charge is -2.23. The fourth-order valence-corrected chi connectivity index (χ4v) is 12.7. The van der Waals surface area contributed by atoms with Crippen LogP contribution in [0.25, 0.3) is 96.2 Å². The van der Waals surface area contributed by atoms with Crippen LogP contribution in [0.2, 0.25) is 0 Å². The number of azide groups is 3. The minimum Gasteiger partial charge on any atom is -0.393 e. The molecular weight excluding hydrogens is 1580 g/mol. The van der Waals surface area contributed by atoms with Crippen LogP contribution in [0, 0.1) is 42.2 Å². The SMILES string of the molecule is [C-]#[N+]C1(CO)OC(n2cc(F)c3c(=O)[nH]c(N)nc32)C(F)C1O.[C-]#[N+]C1(CO)OC(n2cc(F)c3c(=O)[nH]cnc32)C(F)C1O.[N-]=[N+]=NC1(CO)OC(n2cc(F)c3c(=O)[nH]c(N)nc32)C(F)C1O.[N-]=[N+]=NC1(CO)OC(n2cc(F)c3c(=O)[nH]cnc32)C(F)C1O.[N-]=[N+]=NC1(CO)OC(n2cc(F)c3c(N)ncnc32)C(F)C1O. The average molecular weight is 1640 g/mol. The van der Waals surface area contributed by atoms with Crippen molar-refractivity contribution in [2.45, 2.75) is 121 Å². The van der Waals surface area contributed by atoms with Crippen molar-refractivity contribution in [3.63, 3.8) is 0 Å². The van der Waals surface area contributed by atoms with Crippen LogP contribution < -0.4 is 39.4 Å². The summed E-state index contributed by atoms with van der Waals surface area (Å²) in [4.78, 5) is 90.9. The third kappa shape index (κ3) is 13.8. The van der Waals surface area contributed by atoms with Gasteiger partial charge in [-0.1, -0.05) is 15.3 Å². The minimum absolute atomic E-state index is 0.0653. The van der Waals surface area contributed by atoms with Crippen molar-refractivity contribution >= 4 is 72.9 Å². The van der Waals surface area contributed by atoms with Crippen LogP contribution in [0.15, 0.2) is 84.5 Å². The van der Waals surface area contributed by atoms with Crippen LogP contribution in [0.1, 0.15) is 31.1 Å². The molecule has 0 saturated carbocycles. The number of nitrogens with zero attached hydrogens (tertiary/aromatic N) is 22. The van der Waals surface area contributed by atoms with Gasteiger partial charge in [0, 0.05) is 45.7 Å². The monoisotopic (exact) mass is 1640 g/mol. The summed E-state index contributed by atoms with van der Waals surface area (Å²) < 4.78 is 172. The van der Waals surface area contributed by atoms with Crippen LogP contribution in [0.5, 0.6) is 0 Å². The van der Waals surface area contributed by atoms with Crippen molar-refractivity contribution < 1.29 is 119 Å². The van der Waals surface area contributed by atoms with Gasteiger partial charge in [-0.05, 0) is 16.6 Å². The number of hydrogen-bond acceptors (Lipinski definition) is 31. The number of rotatable bonds is 13. The van der Waals surface area contributed by atoms with Gasteiger partial charge in [0.05, 0.1) is 37.9 Å². The van der Waals surface area contributed by atoms with Gasteiger partial charge in [0.25, 0.3) is 22.2 Å². The summed E-state index contributed by atoms with van der Waals surface area (Å²) in [6.45, 7) is 9.09. The van der Waals surface area contributed by atoms with E-state index in [2.05, 4.69) is 89.6 Å². The summed E-state index contributed by atoms with van der Waals surface area (Å²) in [6.07, 6.45) is -21.8. The van der Waals surface area contributed by atoms with Crippen LogP contribution in [0.3, 0.4) is 0 Å². The molecule has 0 amide bonds. The average Bonchev–Trinajstić information content (AvgIpc) is 1.62. The minimum atomic E-state index is -2.29. The lowest BCUT2D eigenvalue weighted by Crippen LogP contribution is -2.43. The maximum absolute atomic E-state index is 14.5. The summed E-state index contributed by atoms with van der Waals surface area (Å²) in [5, 5.41) is 103. The maximum Gasteiger partial charge on any atom is 0.390 e. The molecule has 10 aromatic heterocycles. The molecule has 48 nitrogen and oxygen atoms in total. The van der Waals surface area contributed by atoms with E-state index in [0.29, 0.717) is 0 Å². The van der Waals surface area contributed by atoms with Crippen LogP contribution in [-0.2, 0) is 23.7 Å². The molecule has 5 aliphatic rings. The van der Waals surface area contributed by atoms with Gasteiger partial charge in [0.2, 0.25) is 29.1 Å². The quantitative estimate of drug-likeness (QED) is 0.0219. The van der Waals surface area contributed by atoms with Crippen LogP contribution in [-0.4, -0.2) is 247 Å². The lowest BCUT2D eigenvalue weighted by atomic mass is 10.1. The molecule has 15 rings (SSSR count). The van der Waals surface area contributed by atoms with Crippen molar-refractivity contribution in [1.29, 1.82) is 0 Å². The Labute approximate surface area is 624 Å². The van der Waals surface area contributed by atoms with Gasteiger partial charge in [0.1, 0.15) is 52.0 Å². The number of anilines is 3. The van der Waals surface area contributed by atoms with Crippen molar-refractivity contribution in [2.75, 3.05) is 50.2 Å². The van der Waals surface area contributed by atoms with E-state index in [4.69, 9.17) is 70.6 Å². The van der Waals surface area contributed by atoms with Crippen LogP contribution >= 0.6 is 0 Å². The highest BCUT2D eigenvalue weighted by atomic mass is 19.2. The molecule has 10 aromatic rings. The summed E-state index contributed by atoms with van der Waals surface area (Å²) in [5.74, 6) is -5.56.